The molecule has 3 atom stereocenters. The van der Waals surface area contributed by atoms with E-state index in [2.05, 4.69) is 15.6 Å². The number of nitrogens with one attached hydrogen (secondary N) is 3. The summed E-state index contributed by atoms with van der Waals surface area (Å²) in [5.74, 6) is -0.527. The summed E-state index contributed by atoms with van der Waals surface area (Å²) in [6.07, 6.45) is 0.869. The highest BCUT2D eigenvalue weighted by atomic mass is 16.5. The quantitative estimate of drug-likeness (QED) is 0.424. The van der Waals surface area contributed by atoms with Crippen LogP contribution in [0.4, 0.5) is 0 Å². The third-order valence-corrected chi connectivity index (χ3v) is 7.10. The lowest BCUT2D eigenvalue weighted by Crippen LogP contribution is -2.57. The molecule has 0 unspecified atom stereocenters. The van der Waals surface area contributed by atoms with Crippen molar-refractivity contribution in [3.05, 3.63) is 70.9 Å². The number of aromatic nitrogens is 1. The number of hydrogen-bond acceptors (Lipinski definition) is 4. The van der Waals surface area contributed by atoms with Crippen LogP contribution in [0.3, 0.4) is 0 Å². The summed E-state index contributed by atoms with van der Waals surface area (Å²) in [5.41, 5.74) is 4.48. The van der Waals surface area contributed by atoms with E-state index in [1.54, 1.807) is 12.0 Å². The van der Waals surface area contributed by atoms with Crippen molar-refractivity contribution in [3.8, 4) is 0 Å². The molecule has 0 spiro atoms. The summed E-state index contributed by atoms with van der Waals surface area (Å²) in [4.78, 5) is 45.5. The third-order valence-electron chi connectivity index (χ3n) is 7.10. The van der Waals surface area contributed by atoms with Crippen molar-refractivity contribution >= 4 is 28.6 Å². The molecule has 2 aliphatic heterocycles. The van der Waals surface area contributed by atoms with Gasteiger partial charge in [0, 0.05) is 42.2 Å². The van der Waals surface area contributed by atoms with Crippen molar-refractivity contribution in [1.82, 2.24) is 20.5 Å². The summed E-state index contributed by atoms with van der Waals surface area (Å²) in [6, 6.07) is 13.7. The van der Waals surface area contributed by atoms with Crippen LogP contribution in [0.1, 0.15) is 53.5 Å². The van der Waals surface area contributed by atoms with Crippen LogP contribution in [-0.4, -0.2) is 60.0 Å². The molecule has 36 heavy (non-hydrogen) atoms. The Morgan fingerprint density at radius 1 is 1.14 bits per heavy atom. The minimum Gasteiger partial charge on any atom is -0.383 e. The zero-order chi connectivity index (χ0) is 25.4. The zero-order valence-electron chi connectivity index (χ0n) is 20.8. The number of rotatable bonds is 8. The lowest BCUT2D eigenvalue weighted by atomic mass is 9.89. The van der Waals surface area contributed by atoms with Gasteiger partial charge in [-0.15, -0.1) is 0 Å². The second-order valence-electron chi connectivity index (χ2n) is 9.96. The number of aromatic amines is 1. The summed E-state index contributed by atoms with van der Waals surface area (Å²) < 4.78 is 5.03. The number of nitrogens with zero attached hydrogens (tertiary/aromatic N) is 1. The number of carbonyl (C=O) groups is 3. The highest BCUT2D eigenvalue weighted by Gasteiger charge is 2.49. The Balaban J connectivity index is 1.50. The largest absolute Gasteiger partial charge is 0.383 e. The molecule has 2 aliphatic rings. The lowest BCUT2D eigenvalue weighted by Gasteiger charge is -2.37. The van der Waals surface area contributed by atoms with Gasteiger partial charge in [-0.25, -0.2) is 0 Å². The molecule has 0 bridgehead atoms. The van der Waals surface area contributed by atoms with Crippen LogP contribution >= 0.6 is 0 Å². The summed E-state index contributed by atoms with van der Waals surface area (Å²) in [7, 11) is 1.57. The topological polar surface area (TPSA) is 104 Å². The van der Waals surface area contributed by atoms with Crippen LogP contribution in [0.15, 0.2) is 48.5 Å². The second kappa shape index (κ2) is 9.78. The molecular weight excluding hydrogens is 456 g/mol. The summed E-state index contributed by atoms with van der Waals surface area (Å²) in [5, 5.41) is 6.87. The Morgan fingerprint density at radius 3 is 2.67 bits per heavy atom. The van der Waals surface area contributed by atoms with E-state index >= 15 is 0 Å². The number of carbonyl (C=O) groups excluding carboxylic acids is 3. The van der Waals surface area contributed by atoms with Gasteiger partial charge in [-0.05, 0) is 35.6 Å². The van der Waals surface area contributed by atoms with Gasteiger partial charge in [0.05, 0.1) is 12.6 Å². The number of amides is 3. The fourth-order valence-corrected chi connectivity index (χ4v) is 5.51. The maximum absolute atomic E-state index is 13.8. The molecule has 3 amide bonds. The van der Waals surface area contributed by atoms with Gasteiger partial charge in [-0.2, -0.15) is 0 Å². The van der Waals surface area contributed by atoms with E-state index in [4.69, 9.17) is 4.74 Å². The Labute approximate surface area is 210 Å². The Kier molecular flexibility index (Phi) is 6.53. The molecule has 3 heterocycles. The van der Waals surface area contributed by atoms with Crippen molar-refractivity contribution in [2.24, 2.45) is 5.92 Å². The van der Waals surface area contributed by atoms with E-state index in [1.165, 1.54) is 0 Å². The first-order valence-electron chi connectivity index (χ1n) is 12.5. The van der Waals surface area contributed by atoms with Gasteiger partial charge in [0.15, 0.2) is 0 Å². The van der Waals surface area contributed by atoms with Crippen LogP contribution in [0.2, 0.25) is 0 Å². The average Bonchev–Trinajstić information content (AvgIpc) is 3.38. The van der Waals surface area contributed by atoms with Crippen LogP contribution < -0.4 is 10.6 Å². The highest BCUT2D eigenvalue weighted by molar-refractivity contribution is 6.04. The van der Waals surface area contributed by atoms with Crippen LogP contribution in [0.25, 0.3) is 10.9 Å². The van der Waals surface area contributed by atoms with Gasteiger partial charge in [0.1, 0.15) is 12.1 Å². The molecule has 8 heteroatoms. The van der Waals surface area contributed by atoms with E-state index in [-0.39, 0.29) is 29.7 Å². The van der Waals surface area contributed by atoms with E-state index in [9.17, 15) is 14.4 Å². The van der Waals surface area contributed by atoms with Gasteiger partial charge >= 0.3 is 0 Å². The first-order chi connectivity index (χ1) is 17.4. The number of ether oxygens (including phenoxy) is 1. The fraction of sp³-hybridized carbons (Fsp3) is 0.393. The SMILES string of the molecule is COCCNC(=O)[C@H](CC(C)C)NC(=O)[C@@H]1Cc2c([nH]c3ccccc23)[C@H]2c3ccccc3C(=O)N21. The molecule has 2 aromatic carbocycles. The number of para-hydroxylation sites is 1. The van der Waals surface area contributed by atoms with Gasteiger partial charge in [0.2, 0.25) is 11.8 Å². The number of H-pyrrole nitrogens is 1. The van der Waals surface area contributed by atoms with Gasteiger partial charge in [-0.1, -0.05) is 50.2 Å². The van der Waals surface area contributed by atoms with E-state index in [1.807, 2.05) is 62.4 Å². The predicted octanol–water partition coefficient (Wildman–Crippen LogP) is 2.93. The molecule has 5 rings (SSSR count). The first-order valence-corrected chi connectivity index (χ1v) is 12.5. The van der Waals surface area contributed by atoms with Crippen LogP contribution in [0, 0.1) is 5.92 Å². The molecule has 1 aromatic heterocycles. The molecule has 188 valence electrons. The normalized spacial score (nSPS) is 19.1. The highest BCUT2D eigenvalue weighted by Crippen LogP contribution is 2.46. The third kappa shape index (κ3) is 4.15. The number of fused-ring (bicyclic) bond motifs is 7. The number of hydrogen-bond donors (Lipinski definition) is 3. The fourth-order valence-electron chi connectivity index (χ4n) is 5.51. The molecule has 0 radical (unpaired) electrons. The number of benzene rings is 2. The van der Waals surface area contributed by atoms with Gasteiger partial charge in [0.25, 0.3) is 5.91 Å². The minimum atomic E-state index is -0.733. The van der Waals surface area contributed by atoms with E-state index < -0.39 is 12.1 Å². The Morgan fingerprint density at radius 2 is 1.89 bits per heavy atom. The molecule has 0 fully saturated rings. The van der Waals surface area contributed by atoms with Crippen molar-refractivity contribution in [3.63, 3.8) is 0 Å². The van der Waals surface area contributed by atoms with Gasteiger partial charge in [-0.3, -0.25) is 14.4 Å². The predicted molar refractivity (Wildman–Crippen MR) is 137 cm³/mol. The molecule has 0 saturated carbocycles. The zero-order valence-corrected chi connectivity index (χ0v) is 20.8. The maximum atomic E-state index is 13.8. The van der Waals surface area contributed by atoms with Gasteiger partial charge < -0.3 is 25.3 Å². The molecule has 0 aliphatic carbocycles. The van der Waals surface area contributed by atoms with Crippen LogP contribution in [0.5, 0.6) is 0 Å². The minimum absolute atomic E-state index is 0.162. The van der Waals surface area contributed by atoms with Crippen molar-refractivity contribution < 1.29 is 19.1 Å². The van der Waals surface area contributed by atoms with E-state index in [0.717, 1.165) is 27.7 Å². The maximum Gasteiger partial charge on any atom is 0.255 e. The first kappa shape index (κ1) is 24.1. The second-order valence-corrected chi connectivity index (χ2v) is 9.96. The Bertz CT molecular complexity index is 1310. The molecule has 8 nitrogen and oxygen atoms in total. The monoisotopic (exact) mass is 488 g/mol. The number of methoxy groups -OCH3 is 1. The standard InChI is InChI=1S/C28H32N4O4/c1-16(2)14-22(26(33)29-12-13-36-3)31-27(34)23-15-20-17-8-6-7-11-21(17)30-24(20)25-18-9-4-5-10-19(18)28(35)32(23)25/h4-11,16,22-23,25,30H,12-15H2,1-3H3,(H,29,33)(H,31,34)/t22-,23-,25+/m0/s1. The smallest absolute Gasteiger partial charge is 0.255 e. The molecule has 0 saturated heterocycles. The van der Waals surface area contributed by atoms with Crippen molar-refractivity contribution in [1.29, 1.82) is 0 Å². The average molecular weight is 489 g/mol. The molecular formula is C28H32N4O4. The molecule has 3 aromatic rings. The van der Waals surface area contributed by atoms with Crippen LogP contribution in [-0.2, 0) is 20.7 Å². The Hall–Kier alpha value is -3.65. The summed E-state index contributed by atoms with van der Waals surface area (Å²) >= 11 is 0. The van der Waals surface area contributed by atoms with E-state index in [0.29, 0.717) is 31.6 Å². The lowest BCUT2D eigenvalue weighted by molar-refractivity contribution is -0.132. The van der Waals surface area contributed by atoms with Crippen molar-refractivity contribution in [2.45, 2.75) is 44.8 Å². The summed E-state index contributed by atoms with van der Waals surface area (Å²) in [6.45, 7) is 4.78. The van der Waals surface area contributed by atoms with Crippen molar-refractivity contribution in [2.75, 3.05) is 20.3 Å². The molecule has 3 N–H and O–H groups in total.